The van der Waals surface area contributed by atoms with Gasteiger partial charge in [-0.05, 0) is 64.3 Å². The fourth-order valence-electron chi connectivity index (χ4n) is 3.98. The summed E-state index contributed by atoms with van der Waals surface area (Å²) >= 11 is 0. The Kier molecular flexibility index (Phi) is 6.01. The molecule has 1 aromatic rings. The van der Waals surface area contributed by atoms with Crippen molar-refractivity contribution in [2.45, 2.75) is 24.8 Å². The highest BCUT2D eigenvalue weighted by atomic mass is 16.5. The molecule has 2 saturated heterocycles. The topological polar surface area (TPSA) is 65.1 Å². The monoisotopic (exact) mass is 374 g/mol. The van der Waals surface area contributed by atoms with Crippen molar-refractivity contribution in [1.29, 1.82) is 0 Å². The zero-order valence-electron chi connectivity index (χ0n) is 16.5. The van der Waals surface area contributed by atoms with E-state index in [1.165, 1.54) is 0 Å². The fourth-order valence-corrected chi connectivity index (χ4v) is 3.98. The van der Waals surface area contributed by atoms with E-state index in [9.17, 15) is 9.59 Å². The van der Waals surface area contributed by atoms with Gasteiger partial charge in [-0.15, -0.1) is 0 Å². The van der Waals surface area contributed by atoms with E-state index < -0.39 is 0 Å². The molecular weight excluding hydrogens is 344 g/mol. The lowest BCUT2D eigenvalue weighted by Gasteiger charge is -2.52. The van der Waals surface area contributed by atoms with E-state index in [4.69, 9.17) is 4.74 Å². The predicted octanol–water partition coefficient (Wildman–Crippen LogP) is 1.26. The van der Waals surface area contributed by atoms with Crippen molar-refractivity contribution in [3.05, 3.63) is 24.3 Å². The molecule has 0 saturated carbocycles. The van der Waals surface area contributed by atoms with Gasteiger partial charge in [0.25, 0.3) is 0 Å². The van der Waals surface area contributed by atoms with E-state index in [1.54, 1.807) is 31.4 Å². The maximum atomic E-state index is 12.7. The second-order valence-electron chi connectivity index (χ2n) is 7.72. The first-order valence-corrected chi connectivity index (χ1v) is 9.53. The van der Waals surface area contributed by atoms with Crippen LogP contribution >= 0.6 is 0 Å². The van der Waals surface area contributed by atoms with Crippen LogP contribution in [0.5, 0.6) is 5.75 Å². The third-order valence-corrected chi connectivity index (χ3v) is 5.96. The van der Waals surface area contributed by atoms with Gasteiger partial charge in [-0.2, -0.15) is 0 Å². The lowest BCUT2D eigenvalue weighted by atomic mass is 9.84. The molecule has 3 rings (SSSR count). The van der Waals surface area contributed by atoms with Gasteiger partial charge < -0.3 is 19.9 Å². The molecule has 2 heterocycles. The Balaban J connectivity index is 1.56. The van der Waals surface area contributed by atoms with Gasteiger partial charge in [-0.3, -0.25) is 14.5 Å². The molecule has 0 bridgehead atoms. The SMILES string of the molecule is COc1ccc(NC(=O)CC(=O)N2CCN(C)C3(CCN(C)CC3)C2)cc1. The van der Waals surface area contributed by atoms with Gasteiger partial charge in [0.05, 0.1) is 7.11 Å². The van der Waals surface area contributed by atoms with E-state index >= 15 is 0 Å². The minimum Gasteiger partial charge on any atom is -0.497 e. The molecule has 0 radical (unpaired) electrons. The number of carbonyl (C=O) groups excluding carboxylic acids is 2. The number of piperidine rings is 1. The number of anilines is 1. The van der Waals surface area contributed by atoms with Crippen molar-refractivity contribution >= 4 is 17.5 Å². The van der Waals surface area contributed by atoms with Gasteiger partial charge in [-0.25, -0.2) is 0 Å². The quantitative estimate of drug-likeness (QED) is 0.804. The van der Waals surface area contributed by atoms with Crippen LogP contribution < -0.4 is 10.1 Å². The fraction of sp³-hybridized carbons (Fsp3) is 0.600. The van der Waals surface area contributed by atoms with E-state index in [0.29, 0.717) is 18.8 Å². The highest BCUT2D eigenvalue weighted by molar-refractivity contribution is 6.03. The second kappa shape index (κ2) is 8.27. The van der Waals surface area contributed by atoms with Gasteiger partial charge in [0.15, 0.2) is 0 Å². The zero-order valence-corrected chi connectivity index (χ0v) is 16.5. The summed E-state index contributed by atoms with van der Waals surface area (Å²) in [5.74, 6) is 0.360. The summed E-state index contributed by atoms with van der Waals surface area (Å²) in [5, 5.41) is 2.79. The number of carbonyl (C=O) groups is 2. The Morgan fingerprint density at radius 2 is 1.74 bits per heavy atom. The number of likely N-dealkylation sites (tertiary alicyclic amines) is 1. The molecule has 2 aliphatic rings. The standard InChI is InChI=1S/C20H30N4O3/c1-22-10-8-20(9-11-22)15-24(13-12-23(20)2)19(26)14-18(25)21-16-4-6-17(27-3)7-5-16/h4-7H,8-15H2,1-3H3,(H,21,25). The smallest absolute Gasteiger partial charge is 0.233 e. The molecule has 7 heteroatoms. The molecule has 0 aliphatic carbocycles. The molecule has 2 fully saturated rings. The molecule has 0 unspecified atom stereocenters. The molecule has 1 aromatic carbocycles. The van der Waals surface area contributed by atoms with Crippen LogP contribution in [-0.2, 0) is 9.59 Å². The molecule has 2 amide bonds. The predicted molar refractivity (Wildman–Crippen MR) is 105 cm³/mol. The van der Waals surface area contributed by atoms with E-state index in [0.717, 1.165) is 38.2 Å². The Bertz CT molecular complexity index is 668. The first-order chi connectivity index (χ1) is 12.9. The number of rotatable bonds is 4. The molecule has 27 heavy (non-hydrogen) atoms. The van der Waals surface area contributed by atoms with Crippen molar-refractivity contribution in [3.63, 3.8) is 0 Å². The Morgan fingerprint density at radius 1 is 1.07 bits per heavy atom. The van der Waals surface area contributed by atoms with Crippen LogP contribution in [0.3, 0.4) is 0 Å². The van der Waals surface area contributed by atoms with Crippen LogP contribution in [0, 0.1) is 0 Å². The Labute approximate surface area is 161 Å². The van der Waals surface area contributed by atoms with Gasteiger partial charge >= 0.3 is 0 Å². The second-order valence-corrected chi connectivity index (χ2v) is 7.72. The first-order valence-electron chi connectivity index (χ1n) is 9.53. The minimum atomic E-state index is -0.276. The average molecular weight is 374 g/mol. The molecule has 0 aromatic heterocycles. The third kappa shape index (κ3) is 4.59. The molecular formula is C20H30N4O3. The summed E-state index contributed by atoms with van der Waals surface area (Å²) in [6, 6.07) is 7.10. The molecule has 1 spiro atoms. The number of benzene rings is 1. The van der Waals surface area contributed by atoms with E-state index in [1.807, 2.05) is 4.90 Å². The van der Waals surface area contributed by atoms with Gasteiger partial charge in [0.1, 0.15) is 12.2 Å². The number of ether oxygens (including phenoxy) is 1. The third-order valence-electron chi connectivity index (χ3n) is 5.96. The number of nitrogens with one attached hydrogen (secondary N) is 1. The summed E-state index contributed by atoms with van der Waals surface area (Å²) in [6.45, 7) is 4.35. The molecule has 148 valence electrons. The highest BCUT2D eigenvalue weighted by Gasteiger charge is 2.42. The maximum absolute atomic E-state index is 12.7. The van der Waals surface area contributed by atoms with Crippen LogP contribution in [-0.4, -0.2) is 86.0 Å². The van der Waals surface area contributed by atoms with Crippen LogP contribution in [0.2, 0.25) is 0 Å². The summed E-state index contributed by atoms with van der Waals surface area (Å²) in [6.07, 6.45) is 2.00. The van der Waals surface area contributed by atoms with Crippen molar-refractivity contribution in [1.82, 2.24) is 14.7 Å². The van der Waals surface area contributed by atoms with E-state index in [-0.39, 0.29) is 23.8 Å². The van der Waals surface area contributed by atoms with Crippen LogP contribution in [0.25, 0.3) is 0 Å². The molecule has 2 aliphatic heterocycles. The van der Waals surface area contributed by atoms with Crippen molar-refractivity contribution in [2.75, 3.05) is 59.2 Å². The summed E-state index contributed by atoms with van der Waals surface area (Å²) in [4.78, 5) is 31.6. The molecule has 0 atom stereocenters. The summed E-state index contributed by atoms with van der Waals surface area (Å²) < 4.78 is 5.11. The van der Waals surface area contributed by atoms with Crippen LogP contribution in [0.1, 0.15) is 19.3 Å². The number of hydrogen-bond donors (Lipinski definition) is 1. The number of hydrogen-bond acceptors (Lipinski definition) is 5. The number of likely N-dealkylation sites (N-methyl/N-ethyl adjacent to an activating group) is 1. The number of piperazine rings is 1. The largest absolute Gasteiger partial charge is 0.497 e. The lowest BCUT2D eigenvalue weighted by Crippen LogP contribution is -2.65. The average Bonchev–Trinajstić information content (AvgIpc) is 2.66. The molecule has 1 N–H and O–H groups in total. The minimum absolute atomic E-state index is 0.0485. The number of nitrogens with zero attached hydrogens (tertiary/aromatic N) is 3. The number of amides is 2. The summed E-state index contributed by atoms with van der Waals surface area (Å²) in [7, 11) is 5.89. The summed E-state index contributed by atoms with van der Waals surface area (Å²) in [5.41, 5.74) is 0.714. The lowest BCUT2D eigenvalue weighted by molar-refractivity contribution is -0.140. The number of methoxy groups -OCH3 is 1. The molecule has 7 nitrogen and oxygen atoms in total. The van der Waals surface area contributed by atoms with Crippen LogP contribution in [0.15, 0.2) is 24.3 Å². The normalized spacial score (nSPS) is 20.5. The van der Waals surface area contributed by atoms with E-state index in [2.05, 4.69) is 29.2 Å². The van der Waals surface area contributed by atoms with Gasteiger partial charge in [0.2, 0.25) is 11.8 Å². The first kappa shape index (κ1) is 19.6. The maximum Gasteiger partial charge on any atom is 0.233 e. The van der Waals surface area contributed by atoms with Crippen LogP contribution in [0.4, 0.5) is 5.69 Å². The van der Waals surface area contributed by atoms with Gasteiger partial charge in [-0.1, -0.05) is 0 Å². The van der Waals surface area contributed by atoms with Crippen molar-refractivity contribution in [3.8, 4) is 5.75 Å². The van der Waals surface area contributed by atoms with Crippen molar-refractivity contribution < 1.29 is 14.3 Å². The van der Waals surface area contributed by atoms with Gasteiger partial charge in [0, 0.05) is 30.9 Å². The highest BCUT2D eigenvalue weighted by Crippen LogP contribution is 2.31. The zero-order chi connectivity index (χ0) is 19.4. The Morgan fingerprint density at radius 3 is 2.37 bits per heavy atom. The van der Waals surface area contributed by atoms with Crippen molar-refractivity contribution in [2.24, 2.45) is 0 Å². The Hall–Kier alpha value is -2.12.